The van der Waals surface area contributed by atoms with Crippen molar-refractivity contribution in [2.45, 2.75) is 43.0 Å². The Bertz CT molecular complexity index is 1140. The number of aliphatic hydroxyl groups excluding tert-OH is 2. The average Bonchev–Trinajstić information content (AvgIpc) is 3.21. The van der Waals surface area contributed by atoms with E-state index >= 15 is 0 Å². The van der Waals surface area contributed by atoms with Crippen molar-refractivity contribution in [1.29, 1.82) is 0 Å². The molecule has 3 aromatic heterocycles. The Morgan fingerprint density at radius 1 is 1.25 bits per heavy atom. The maximum Gasteiger partial charge on any atom is 0.330 e. The quantitative estimate of drug-likeness (QED) is 0.367. The van der Waals surface area contributed by atoms with E-state index in [4.69, 9.17) is 4.74 Å². The highest BCUT2D eigenvalue weighted by molar-refractivity contribution is 7.98. The molecule has 28 heavy (non-hydrogen) atoms. The molecule has 0 bridgehead atoms. The van der Waals surface area contributed by atoms with Gasteiger partial charge in [0.1, 0.15) is 35.2 Å². The van der Waals surface area contributed by atoms with Crippen LogP contribution in [0.4, 0.5) is 0 Å². The molecule has 4 atom stereocenters. The molecule has 0 radical (unpaired) electrons. The van der Waals surface area contributed by atoms with Crippen molar-refractivity contribution in [1.82, 2.24) is 29.1 Å². The summed E-state index contributed by atoms with van der Waals surface area (Å²) in [5, 5.41) is 21.6. The molecule has 3 aromatic rings. The summed E-state index contributed by atoms with van der Waals surface area (Å²) in [4.78, 5) is 38.5. The van der Waals surface area contributed by atoms with E-state index in [-0.39, 0.29) is 12.1 Å². The van der Waals surface area contributed by atoms with Gasteiger partial charge in [-0.2, -0.15) is 0 Å². The zero-order valence-corrected chi connectivity index (χ0v) is 15.8. The van der Waals surface area contributed by atoms with Crippen LogP contribution in [0.15, 0.2) is 33.5 Å². The highest BCUT2D eigenvalue weighted by atomic mass is 32.2. The van der Waals surface area contributed by atoms with Crippen LogP contribution in [0, 0.1) is 6.92 Å². The van der Waals surface area contributed by atoms with E-state index in [1.54, 1.807) is 10.9 Å². The zero-order chi connectivity index (χ0) is 20.0. The highest BCUT2D eigenvalue weighted by Crippen LogP contribution is 2.30. The van der Waals surface area contributed by atoms with Gasteiger partial charge in [0.2, 0.25) is 0 Å². The van der Waals surface area contributed by atoms with Crippen LogP contribution in [0.1, 0.15) is 11.8 Å². The standard InChI is InChI=1S/C16H18N6O5S/c1-7-3-22(16(26)20-13(7)25)15-11(24)10(23)8(27-15)4-21-6-19-9-12(21)17-5-18-14(9)28-2/h3,5-6,8,10-11,15,23-24H,4H2,1-2H3,(H,20,25,26)/t8-,10-,11-,15-/m1/s1. The fourth-order valence-corrected chi connectivity index (χ4v) is 3.71. The van der Waals surface area contributed by atoms with Gasteiger partial charge in [-0.1, -0.05) is 0 Å². The number of aromatic nitrogens is 6. The Hall–Kier alpha value is -2.54. The summed E-state index contributed by atoms with van der Waals surface area (Å²) >= 11 is 1.44. The van der Waals surface area contributed by atoms with Crippen LogP contribution in [0.5, 0.6) is 0 Å². The molecule has 0 saturated carbocycles. The Kier molecular flexibility index (Phi) is 4.79. The molecule has 0 unspecified atom stereocenters. The topological polar surface area (TPSA) is 148 Å². The number of fused-ring (bicyclic) bond motifs is 1. The Morgan fingerprint density at radius 2 is 2.04 bits per heavy atom. The summed E-state index contributed by atoms with van der Waals surface area (Å²) in [6.45, 7) is 1.69. The number of aliphatic hydroxyl groups is 2. The molecule has 12 heteroatoms. The average molecular weight is 406 g/mol. The van der Waals surface area contributed by atoms with Crippen molar-refractivity contribution in [3.63, 3.8) is 0 Å². The zero-order valence-electron chi connectivity index (χ0n) is 15.0. The van der Waals surface area contributed by atoms with Gasteiger partial charge in [0, 0.05) is 11.8 Å². The fourth-order valence-electron chi connectivity index (χ4n) is 3.22. The minimum absolute atomic E-state index is 0.160. The summed E-state index contributed by atoms with van der Waals surface area (Å²) in [5.41, 5.74) is 0.255. The molecule has 0 amide bonds. The SMILES string of the molecule is CSc1ncnc2c1ncn2C[C@H]1O[C@@H](n2cc(C)c(=O)[nH]c2=O)[C@H](O)[C@@H]1O. The molecule has 1 fully saturated rings. The van der Waals surface area contributed by atoms with Crippen LogP contribution < -0.4 is 11.2 Å². The van der Waals surface area contributed by atoms with Gasteiger partial charge in [-0.3, -0.25) is 14.3 Å². The maximum atomic E-state index is 12.1. The van der Waals surface area contributed by atoms with Crippen LogP contribution in [-0.4, -0.2) is 63.9 Å². The molecule has 1 aliphatic heterocycles. The molecule has 1 aliphatic rings. The second-order valence-electron chi connectivity index (χ2n) is 6.48. The van der Waals surface area contributed by atoms with Gasteiger partial charge in [-0.05, 0) is 13.2 Å². The van der Waals surface area contributed by atoms with Crippen LogP contribution in [-0.2, 0) is 11.3 Å². The number of aryl methyl sites for hydroxylation is 1. The van der Waals surface area contributed by atoms with Gasteiger partial charge in [-0.25, -0.2) is 19.7 Å². The highest BCUT2D eigenvalue weighted by Gasteiger charge is 2.44. The van der Waals surface area contributed by atoms with Crippen LogP contribution in [0.25, 0.3) is 11.2 Å². The summed E-state index contributed by atoms with van der Waals surface area (Å²) in [7, 11) is 0. The van der Waals surface area contributed by atoms with Gasteiger partial charge >= 0.3 is 5.69 Å². The smallest absolute Gasteiger partial charge is 0.330 e. The third kappa shape index (κ3) is 3.03. The summed E-state index contributed by atoms with van der Waals surface area (Å²) in [5.74, 6) is 0. The molecular weight excluding hydrogens is 388 g/mol. The number of ether oxygens (including phenoxy) is 1. The number of hydrogen-bond acceptors (Lipinski definition) is 9. The van der Waals surface area contributed by atoms with E-state index in [1.165, 1.54) is 31.2 Å². The second-order valence-corrected chi connectivity index (χ2v) is 7.27. The number of H-pyrrole nitrogens is 1. The maximum absolute atomic E-state index is 12.1. The molecule has 0 aliphatic carbocycles. The minimum atomic E-state index is -1.35. The van der Waals surface area contributed by atoms with Gasteiger partial charge in [0.15, 0.2) is 11.9 Å². The van der Waals surface area contributed by atoms with E-state index in [2.05, 4.69) is 19.9 Å². The number of aromatic amines is 1. The summed E-state index contributed by atoms with van der Waals surface area (Å²) in [6.07, 6.45) is 1.63. The molecular formula is C16H18N6O5S. The normalized spacial score (nSPS) is 24.9. The fraction of sp³-hybridized carbons (Fsp3) is 0.438. The van der Waals surface area contributed by atoms with E-state index in [0.717, 1.165) is 9.59 Å². The first-order valence-electron chi connectivity index (χ1n) is 8.44. The Labute approximate surface area is 162 Å². The molecule has 3 N–H and O–H groups in total. The number of nitrogens with one attached hydrogen (secondary N) is 1. The van der Waals surface area contributed by atoms with Crippen molar-refractivity contribution in [3.8, 4) is 0 Å². The Morgan fingerprint density at radius 3 is 2.79 bits per heavy atom. The van der Waals surface area contributed by atoms with Gasteiger partial charge in [0.25, 0.3) is 5.56 Å². The van der Waals surface area contributed by atoms with Crippen LogP contribution in [0.3, 0.4) is 0 Å². The van der Waals surface area contributed by atoms with Crippen LogP contribution in [0.2, 0.25) is 0 Å². The number of imidazole rings is 1. The largest absolute Gasteiger partial charge is 0.387 e. The number of rotatable bonds is 4. The molecule has 0 aromatic carbocycles. The molecule has 0 spiro atoms. The molecule has 4 heterocycles. The van der Waals surface area contributed by atoms with Crippen molar-refractivity contribution in [2.75, 3.05) is 6.26 Å². The van der Waals surface area contributed by atoms with Crippen molar-refractivity contribution in [2.24, 2.45) is 0 Å². The summed E-state index contributed by atoms with van der Waals surface area (Å²) in [6, 6.07) is 0. The Balaban J connectivity index is 1.63. The number of nitrogens with zero attached hydrogens (tertiary/aromatic N) is 5. The first-order chi connectivity index (χ1) is 13.4. The van der Waals surface area contributed by atoms with Gasteiger partial charge < -0.3 is 19.5 Å². The molecule has 11 nitrogen and oxygen atoms in total. The first kappa shape index (κ1) is 18.8. The van der Waals surface area contributed by atoms with E-state index in [9.17, 15) is 19.8 Å². The third-order valence-corrected chi connectivity index (χ3v) is 5.38. The molecule has 148 valence electrons. The lowest BCUT2D eigenvalue weighted by molar-refractivity contribution is -0.0439. The van der Waals surface area contributed by atoms with Gasteiger partial charge in [0.05, 0.1) is 12.9 Å². The molecule has 1 saturated heterocycles. The minimum Gasteiger partial charge on any atom is -0.387 e. The summed E-state index contributed by atoms with van der Waals surface area (Å²) < 4.78 is 8.54. The predicted octanol–water partition coefficient (Wildman–Crippen LogP) is -0.974. The van der Waals surface area contributed by atoms with E-state index in [1.807, 2.05) is 6.26 Å². The van der Waals surface area contributed by atoms with Crippen molar-refractivity contribution < 1.29 is 14.9 Å². The van der Waals surface area contributed by atoms with E-state index in [0.29, 0.717) is 11.2 Å². The van der Waals surface area contributed by atoms with Crippen molar-refractivity contribution in [3.05, 3.63) is 45.3 Å². The number of thioether (sulfide) groups is 1. The van der Waals surface area contributed by atoms with Crippen molar-refractivity contribution >= 4 is 22.9 Å². The number of hydrogen-bond donors (Lipinski definition) is 3. The lowest BCUT2D eigenvalue weighted by Crippen LogP contribution is -2.38. The van der Waals surface area contributed by atoms with Gasteiger partial charge in [-0.15, -0.1) is 11.8 Å². The van der Waals surface area contributed by atoms with Crippen LogP contribution >= 0.6 is 11.8 Å². The third-order valence-electron chi connectivity index (χ3n) is 4.69. The van der Waals surface area contributed by atoms with E-state index < -0.39 is 35.8 Å². The monoisotopic (exact) mass is 406 g/mol. The predicted molar refractivity (Wildman–Crippen MR) is 99.1 cm³/mol. The lowest BCUT2D eigenvalue weighted by Gasteiger charge is -2.17. The molecule has 4 rings (SSSR count). The lowest BCUT2D eigenvalue weighted by atomic mass is 10.1. The first-order valence-corrected chi connectivity index (χ1v) is 9.66. The second kappa shape index (κ2) is 7.13.